The zero-order chi connectivity index (χ0) is 20.2. The van der Waals surface area contributed by atoms with Crippen molar-refractivity contribution in [1.82, 2.24) is 14.9 Å². The van der Waals surface area contributed by atoms with Crippen molar-refractivity contribution in [3.05, 3.63) is 41.8 Å². The summed E-state index contributed by atoms with van der Waals surface area (Å²) in [5.74, 6) is 1.30. The minimum atomic E-state index is -0.326. The maximum Gasteiger partial charge on any atom is 0.321 e. The summed E-state index contributed by atoms with van der Waals surface area (Å²) in [4.78, 5) is 27.9. The van der Waals surface area contributed by atoms with Gasteiger partial charge in [0, 0.05) is 56.7 Å². The number of carbonyl (C=O) groups is 1. The van der Waals surface area contributed by atoms with Crippen molar-refractivity contribution >= 4 is 23.5 Å². The Bertz CT molecular complexity index is 849. The van der Waals surface area contributed by atoms with Crippen LogP contribution in [-0.4, -0.2) is 73.4 Å². The van der Waals surface area contributed by atoms with Gasteiger partial charge in [-0.25, -0.2) is 14.2 Å². The zero-order valence-electron chi connectivity index (χ0n) is 16.5. The molecule has 154 valence electrons. The van der Waals surface area contributed by atoms with E-state index in [4.69, 9.17) is 9.72 Å². The monoisotopic (exact) mass is 400 g/mol. The third-order valence-electron chi connectivity index (χ3n) is 5.11. The molecule has 4 rings (SSSR count). The smallest absolute Gasteiger partial charge is 0.321 e. The molecule has 2 aliphatic rings. The highest BCUT2D eigenvalue weighted by molar-refractivity contribution is 5.89. The second-order valence-electron chi connectivity index (χ2n) is 7.18. The standard InChI is InChI=1S/C20H25FN6O2/c1-15-14-18(24-19(22-15)26-10-12-29-13-11-26)25-6-8-27(9-7-25)20(28)23-17-4-2-16(21)3-5-17/h2-5,14H,6-13H2,1H3,(H,23,28). The number of ether oxygens (including phenoxy) is 1. The van der Waals surface area contributed by atoms with Gasteiger partial charge < -0.3 is 24.8 Å². The average molecular weight is 400 g/mol. The van der Waals surface area contributed by atoms with Crippen LogP contribution < -0.4 is 15.1 Å². The predicted octanol–water partition coefficient (Wildman–Crippen LogP) is 2.11. The number of nitrogens with zero attached hydrogens (tertiary/aromatic N) is 5. The lowest BCUT2D eigenvalue weighted by molar-refractivity contribution is 0.122. The average Bonchev–Trinajstić information content (AvgIpc) is 2.75. The second-order valence-corrected chi connectivity index (χ2v) is 7.18. The van der Waals surface area contributed by atoms with Crippen LogP contribution in [0.15, 0.2) is 30.3 Å². The summed E-state index contributed by atoms with van der Waals surface area (Å²) >= 11 is 0. The van der Waals surface area contributed by atoms with E-state index in [0.717, 1.165) is 30.5 Å². The van der Waals surface area contributed by atoms with Crippen LogP contribution in [0, 0.1) is 12.7 Å². The van der Waals surface area contributed by atoms with Crippen LogP contribution >= 0.6 is 0 Å². The molecule has 2 fully saturated rings. The molecule has 2 aliphatic heterocycles. The van der Waals surface area contributed by atoms with Gasteiger partial charge in [0.15, 0.2) is 0 Å². The van der Waals surface area contributed by atoms with E-state index in [9.17, 15) is 9.18 Å². The van der Waals surface area contributed by atoms with Gasteiger partial charge in [0.1, 0.15) is 11.6 Å². The van der Waals surface area contributed by atoms with Gasteiger partial charge in [-0.15, -0.1) is 0 Å². The van der Waals surface area contributed by atoms with Gasteiger partial charge in [0.2, 0.25) is 5.95 Å². The molecule has 0 atom stereocenters. The van der Waals surface area contributed by atoms with Crippen molar-refractivity contribution in [2.24, 2.45) is 0 Å². The van der Waals surface area contributed by atoms with Gasteiger partial charge >= 0.3 is 6.03 Å². The number of carbonyl (C=O) groups excluding carboxylic acids is 1. The normalized spacial score (nSPS) is 17.4. The number of benzene rings is 1. The van der Waals surface area contributed by atoms with Crippen LogP contribution in [0.5, 0.6) is 0 Å². The van der Waals surface area contributed by atoms with Crippen LogP contribution in [0.4, 0.5) is 26.6 Å². The molecule has 2 amide bonds. The number of piperazine rings is 1. The summed E-state index contributed by atoms with van der Waals surface area (Å²) in [7, 11) is 0. The number of halogens is 1. The van der Waals surface area contributed by atoms with Crippen molar-refractivity contribution in [2.75, 3.05) is 67.6 Å². The van der Waals surface area contributed by atoms with Crippen molar-refractivity contribution in [1.29, 1.82) is 0 Å². The highest BCUT2D eigenvalue weighted by Gasteiger charge is 2.23. The number of rotatable bonds is 3. The number of aromatic nitrogens is 2. The highest BCUT2D eigenvalue weighted by Crippen LogP contribution is 2.20. The Hall–Kier alpha value is -2.94. The van der Waals surface area contributed by atoms with E-state index in [1.165, 1.54) is 12.1 Å². The fourth-order valence-corrected chi connectivity index (χ4v) is 3.48. The molecule has 3 heterocycles. The van der Waals surface area contributed by atoms with Crippen LogP contribution in [-0.2, 0) is 4.74 Å². The molecule has 0 spiro atoms. The molecule has 0 saturated carbocycles. The Morgan fingerprint density at radius 3 is 2.38 bits per heavy atom. The molecule has 2 saturated heterocycles. The lowest BCUT2D eigenvalue weighted by atomic mass is 10.3. The Labute approximate surface area is 169 Å². The molecule has 9 heteroatoms. The van der Waals surface area contributed by atoms with Crippen molar-refractivity contribution in [3.8, 4) is 0 Å². The Morgan fingerprint density at radius 1 is 1.00 bits per heavy atom. The first-order valence-corrected chi connectivity index (χ1v) is 9.83. The molecule has 0 aliphatic carbocycles. The maximum atomic E-state index is 13.0. The first kappa shape index (κ1) is 19.4. The molecule has 1 N–H and O–H groups in total. The van der Waals surface area contributed by atoms with Gasteiger partial charge in [-0.3, -0.25) is 0 Å². The maximum absolute atomic E-state index is 13.0. The minimum Gasteiger partial charge on any atom is -0.378 e. The molecular weight excluding hydrogens is 375 g/mol. The number of nitrogens with one attached hydrogen (secondary N) is 1. The van der Waals surface area contributed by atoms with E-state index in [1.54, 1.807) is 17.0 Å². The van der Waals surface area contributed by atoms with E-state index in [2.05, 4.69) is 20.1 Å². The Morgan fingerprint density at radius 2 is 1.69 bits per heavy atom. The quantitative estimate of drug-likeness (QED) is 0.851. The summed E-state index contributed by atoms with van der Waals surface area (Å²) in [6.07, 6.45) is 0. The molecule has 1 aromatic heterocycles. The number of hydrogen-bond acceptors (Lipinski definition) is 6. The molecule has 2 aromatic rings. The van der Waals surface area contributed by atoms with Gasteiger partial charge in [-0.1, -0.05) is 0 Å². The number of urea groups is 1. The summed E-state index contributed by atoms with van der Waals surface area (Å²) in [5, 5.41) is 2.81. The predicted molar refractivity (Wildman–Crippen MR) is 109 cm³/mol. The van der Waals surface area contributed by atoms with Crippen molar-refractivity contribution in [2.45, 2.75) is 6.92 Å². The van der Waals surface area contributed by atoms with Gasteiger partial charge in [-0.05, 0) is 31.2 Å². The first-order chi connectivity index (χ1) is 14.1. The van der Waals surface area contributed by atoms with Gasteiger partial charge in [-0.2, -0.15) is 4.98 Å². The largest absolute Gasteiger partial charge is 0.378 e. The third-order valence-corrected chi connectivity index (χ3v) is 5.11. The number of anilines is 3. The van der Waals surface area contributed by atoms with Crippen molar-refractivity contribution in [3.63, 3.8) is 0 Å². The number of amides is 2. The lowest BCUT2D eigenvalue weighted by Crippen LogP contribution is -2.50. The highest BCUT2D eigenvalue weighted by atomic mass is 19.1. The summed E-state index contributed by atoms with van der Waals surface area (Å²) in [5.41, 5.74) is 1.51. The molecule has 0 unspecified atom stereocenters. The SMILES string of the molecule is Cc1cc(N2CCN(C(=O)Nc3ccc(F)cc3)CC2)nc(N2CCOCC2)n1. The Kier molecular flexibility index (Phi) is 5.75. The van der Waals surface area contributed by atoms with Crippen LogP contribution in [0.2, 0.25) is 0 Å². The number of aryl methyl sites for hydroxylation is 1. The number of morpholine rings is 1. The fraction of sp³-hybridized carbons (Fsp3) is 0.450. The fourth-order valence-electron chi connectivity index (χ4n) is 3.48. The summed E-state index contributed by atoms with van der Waals surface area (Å²) in [6, 6.07) is 7.58. The lowest BCUT2D eigenvalue weighted by Gasteiger charge is -2.36. The van der Waals surface area contributed by atoms with Crippen LogP contribution in [0.25, 0.3) is 0 Å². The second kappa shape index (κ2) is 8.60. The van der Waals surface area contributed by atoms with E-state index < -0.39 is 0 Å². The number of hydrogen-bond donors (Lipinski definition) is 1. The van der Waals surface area contributed by atoms with E-state index in [0.29, 0.717) is 45.1 Å². The molecule has 8 nitrogen and oxygen atoms in total. The van der Waals surface area contributed by atoms with E-state index in [-0.39, 0.29) is 11.8 Å². The van der Waals surface area contributed by atoms with E-state index in [1.807, 2.05) is 13.0 Å². The first-order valence-electron chi connectivity index (χ1n) is 9.83. The van der Waals surface area contributed by atoms with E-state index >= 15 is 0 Å². The molecular formula is C20H25FN6O2. The third kappa shape index (κ3) is 4.73. The van der Waals surface area contributed by atoms with Crippen molar-refractivity contribution < 1.29 is 13.9 Å². The molecule has 0 bridgehead atoms. The van der Waals surface area contributed by atoms with Gasteiger partial charge in [0.25, 0.3) is 0 Å². The van der Waals surface area contributed by atoms with Crippen LogP contribution in [0.1, 0.15) is 5.69 Å². The molecule has 29 heavy (non-hydrogen) atoms. The Balaban J connectivity index is 1.37. The summed E-state index contributed by atoms with van der Waals surface area (Å²) < 4.78 is 18.4. The topological polar surface area (TPSA) is 73.8 Å². The molecule has 0 radical (unpaired) electrons. The summed E-state index contributed by atoms with van der Waals surface area (Å²) in [6.45, 7) is 7.49. The van der Waals surface area contributed by atoms with Gasteiger partial charge in [0.05, 0.1) is 13.2 Å². The minimum absolute atomic E-state index is 0.177. The zero-order valence-corrected chi connectivity index (χ0v) is 16.5. The molecule has 1 aromatic carbocycles. The van der Waals surface area contributed by atoms with Crippen LogP contribution in [0.3, 0.4) is 0 Å².